The molecule has 0 amide bonds. The normalized spacial score (nSPS) is 19.6. The topological polar surface area (TPSA) is 49.3 Å². The number of aliphatic carboxylic acids is 1. The highest BCUT2D eigenvalue weighted by atomic mass is 79.9. The van der Waals surface area contributed by atoms with E-state index in [1.165, 1.54) is 11.8 Å². The molecule has 1 aromatic rings. The molecule has 1 aromatic carbocycles. The number of carboxylic acids is 1. The number of hydrogen-bond donors (Lipinski definition) is 2. The zero-order valence-corrected chi connectivity index (χ0v) is 9.56. The van der Waals surface area contributed by atoms with Crippen LogP contribution in [0.1, 0.15) is 0 Å². The lowest BCUT2D eigenvalue weighted by atomic mass is 10.3. The molecule has 3 nitrogen and oxygen atoms in total. The molecule has 1 aliphatic heterocycles. The minimum absolute atomic E-state index is 0.385. The van der Waals surface area contributed by atoms with Crippen LogP contribution in [-0.2, 0) is 4.79 Å². The number of carbonyl (C=O) groups is 1. The van der Waals surface area contributed by atoms with Gasteiger partial charge in [-0.05, 0) is 18.2 Å². The van der Waals surface area contributed by atoms with Gasteiger partial charge in [-0.2, -0.15) is 0 Å². The summed E-state index contributed by atoms with van der Waals surface area (Å²) >= 11 is 4.76. The molecule has 0 spiro atoms. The Morgan fingerprint density at radius 2 is 2.43 bits per heavy atom. The molecule has 1 unspecified atom stereocenters. The first-order chi connectivity index (χ1) is 6.66. The Hall–Kier alpha value is -0.680. The number of halogens is 1. The van der Waals surface area contributed by atoms with E-state index >= 15 is 0 Å². The minimum Gasteiger partial charge on any atom is -0.480 e. The van der Waals surface area contributed by atoms with Crippen molar-refractivity contribution in [2.45, 2.75) is 10.1 Å². The van der Waals surface area contributed by atoms with Crippen LogP contribution in [0.4, 0.5) is 5.69 Å². The molecule has 0 fully saturated rings. The largest absolute Gasteiger partial charge is 0.480 e. The van der Waals surface area contributed by atoms with Crippen molar-refractivity contribution in [3.63, 3.8) is 0 Å². The van der Waals surface area contributed by atoms with E-state index in [4.69, 9.17) is 5.11 Å². The minimum atomic E-state index is -0.768. The summed E-state index contributed by atoms with van der Waals surface area (Å²) in [6.07, 6.45) is 0. The monoisotopic (exact) mass is 273 g/mol. The van der Waals surface area contributed by atoms with E-state index in [1.807, 2.05) is 18.2 Å². The van der Waals surface area contributed by atoms with Crippen LogP contribution in [0, 0.1) is 0 Å². The van der Waals surface area contributed by atoms with Gasteiger partial charge in [0.25, 0.3) is 0 Å². The van der Waals surface area contributed by atoms with Crippen LogP contribution in [-0.4, -0.2) is 22.9 Å². The van der Waals surface area contributed by atoms with E-state index in [1.54, 1.807) is 0 Å². The van der Waals surface area contributed by atoms with Gasteiger partial charge in [-0.15, -0.1) is 11.8 Å². The van der Waals surface area contributed by atoms with E-state index in [2.05, 4.69) is 21.2 Å². The molecule has 0 aromatic heterocycles. The van der Waals surface area contributed by atoms with Gasteiger partial charge in [-0.3, -0.25) is 4.79 Å². The number of hydrogen-bond acceptors (Lipinski definition) is 3. The number of nitrogens with one attached hydrogen (secondary N) is 1. The standard InChI is InChI=1S/C9H8BrNO2S/c10-5-1-2-7-6(3-5)11-4-8(14-7)9(12)13/h1-3,8,11H,4H2,(H,12,13). The third-order valence-corrected chi connectivity index (χ3v) is 3.72. The molecule has 0 saturated heterocycles. The zero-order chi connectivity index (χ0) is 10.1. The van der Waals surface area contributed by atoms with Crippen LogP contribution in [0.3, 0.4) is 0 Å². The highest BCUT2D eigenvalue weighted by Crippen LogP contribution is 2.36. The first kappa shape index (κ1) is 9.86. The van der Waals surface area contributed by atoms with Crippen molar-refractivity contribution in [1.82, 2.24) is 0 Å². The third-order valence-electron chi connectivity index (χ3n) is 1.96. The fourth-order valence-electron chi connectivity index (χ4n) is 1.28. The molecule has 2 N–H and O–H groups in total. The molecule has 1 aliphatic rings. The van der Waals surface area contributed by atoms with Crippen LogP contribution < -0.4 is 5.32 Å². The van der Waals surface area contributed by atoms with Gasteiger partial charge in [-0.25, -0.2) is 0 Å². The van der Waals surface area contributed by atoms with E-state index < -0.39 is 5.97 Å². The molecule has 0 bridgehead atoms. The van der Waals surface area contributed by atoms with Gasteiger partial charge in [0, 0.05) is 21.6 Å². The highest BCUT2D eigenvalue weighted by Gasteiger charge is 2.24. The van der Waals surface area contributed by atoms with Gasteiger partial charge in [0.15, 0.2) is 0 Å². The lowest BCUT2D eigenvalue weighted by molar-refractivity contribution is -0.136. The number of anilines is 1. The van der Waals surface area contributed by atoms with Gasteiger partial charge < -0.3 is 10.4 Å². The Morgan fingerprint density at radius 3 is 3.14 bits per heavy atom. The zero-order valence-electron chi connectivity index (χ0n) is 7.16. The highest BCUT2D eigenvalue weighted by molar-refractivity contribution is 9.10. The van der Waals surface area contributed by atoms with E-state index in [9.17, 15) is 4.79 Å². The smallest absolute Gasteiger partial charge is 0.318 e. The first-order valence-electron chi connectivity index (χ1n) is 4.10. The first-order valence-corrected chi connectivity index (χ1v) is 5.77. The number of fused-ring (bicyclic) bond motifs is 1. The fraction of sp³-hybridized carbons (Fsp3) is 0.222. The molecule has 5 heteroatoms. The molecule has 0 radical (unpaired) electrons. The van der Waals surface area contributed by atoms with Gasteiger partial charge in [0.05, 0.1) is 0 Å². The van der Waals surface area contributed by atoms with Crippen molar-refractivity contribution in [2.24, 2.45) is 0 Å². The third kappa shape index (κ3) is 1.88. The van der Waals surface area contributed by atoms with Gasteiger partial charge in [-0.1, -0.05) is 15.9 Å². The SMILES string of the molecule is O=C(O)C1CNc2cc(Br)ccc2S1. The summed E-state index contributed by atoms with van der Waals surface area (Å²) in [6.45, 7) is 0.476. The molecule has 74 valence electrons. The maximum atomic E-state index is 10.8. The van der Waals surface area contributed by atoms with Crippen molar-refractivity contribution in [1.29, 1.82) is 0 Å². The fourth-order valence-corrected chi connectivity index (χ4v) is 2.62. The number of thioether (sulfide) groups is 1. The van der Waals surface area contributed by atoms with E-state index in [-0.39, 0.29) is 5.25 Å². The second-order valence-corrected chi connectivity index (χ2v) is 5.13. The van der Waals surface area contributed by atoms with Crippen molar-refractivity contribution < 1.29 is 9.90 Å². The van der Waals surface area contributed by atoms with Crippen molar-refractivity contribution >= 4 is 39.3 Å². The quantitative estimate of drug-likeness (QED) is 0.825. The molecule has 14 heavy (non-hydrogen) atoms. The number of rotatable bonds is 1. The Bertz CT molecular complexity index is 383. The Balaban J connectivity index is 2.27. The lowest BCUT2D eigenvalue weighted by Crippen LogP contribution is -2.28. The second-order valence-electron chi connectivity index (χ2n) is 2.97. The van der Waals surface area contributed by atoms with E-state index in [0.717, 1.165) is 15.1 Å². The molecule has 2 rings (SSSR count). The van der Waals surface area contributed by atoms with Crippen molar-refractivity contribution in [3.05, 3.63) is 22.7 Å². The summed E-state index contributed by atoms with van der Waals surface area (Å²) in [5.74, 6) is -0.768. The predicted molar refractivity (Wildman–Crippen MR) is 59.9 cm³/mol. The van der Waals surface area contributed by atoms with Crippen LogP contribution in [0.5, 0.6) is 0 Å². The molecule has 0 saturated carbocycles. The maximum absolute atomic E-state index is 10.8. The molecular formula is C9H8BrNO2S. The molecule has 0 aliphatic carbocycles. The average Bonchev–Trinajstić information content (AvgIpc) is 2.16. The molecular weight excluding hydrogens is 266 g/mol. The summed E-state index contributed by atoms with van der Waals surface area (Å²) in [5, 5.41) is 11.6. The van der Waals surface area contributed by atoms with Crippen LogP contribution in [0.25, 0.3) is 0 Å². The Labute approximate surface area is 94.0 Å². The summed E-state index contributed by atoms with van der Waals surface area (Å²) in [7, 11) is 0. The summed E-state index contributed by atoms with van der Waals surface area (Å²) in [4.78, 5) is 11.8. The lowest BCUT2D eigenvalue weighted by Gasteiger charge is -2.22. The van der Waals surface area contributed by atoms with Gasteiger partial charge in [0.2, 0.25) is 0 Å². The molecule has 1 atom stereocenters. The number of carboxylic acid groups (broad SMARTS) is 1. The van der Waals surface area contributed by atoms with Gasteiger partial charge >= 0.3 is 5.97 Å². The maximum Gasteiger partial charge on any atom is 0.318 e. The van der Waals surface area contributed by atoms with Gasteiger partial charge in [0.1, 0.15) is 5.25 Å². The van der Waals surface area contributed by atoms with Crippen LogP contribution >= 0.6 is 27.7 Å². The summed E-state index contributed by atoms with van der Waals surface area (Å²) in [6, 6.07) is 5.80. The Kier molecular flexibility index (Phi) is 2.69. The van der Waals surface area contributed by atoms with E-state index in [0.29, 0.717) is 6.54 Å². The summed E-state index contributed by atoms with van der Waals surface area (Å²) < 4.78 is 0.998. The predicted octanol–water partition coefficient (Wildman–Crippen LogP) is 2.42. The summed E-state index contributed by atoms with van der Waals surface area (Å²) in [5.41, 5.74) is 1.00. The van der Waals surface area contributed by atoms with Crippen molar-refractivity contribution in [3.8, 4) is 0 Å². The van der Waals surface area contributed by atoms with Crippen LogP contribution in [0.2, 0.25) is 0 Å². The van der Waals surface area contributed by atoms with Crippen molar-refractivity contribution in [2.75, 3.05) is 11.9 Å². The number of benzene rings is 1. The second kappa shape index (κ2) is 3.82. The Morgan fingerprint density at radius 1 is 1.64 bits per heavy atom. The van der Waals surface area contributed by atoms with Crippen LogP contribution in [0.15, 0.2) is 27.6 Å². The molecule has 1 heterocycles. The average molecular weight is 274 g/mol.